The highest BCUT2D eigenvalue weighted by molar-refractivity contribution is 5.89. The van der Waals surface area contributed by atoms with Crippen LogP contribution in [0.1, 0.15) is 61.3 Å². The second kappa shape index (κ2) is 16.2. The van der Waals surface area contributed by atoms with Crippen molar-refractivity contribution in [1.29, 1.82) is 0 Å². The summed E-state index contributed by atoms with van der Waals surface area (Å²) in [7, 11) is 1.58. The predicted molar refractivity (Wildman–Crippen MR) is 161 cm³/mol. The summed E-state index contributed by atoms with van der Waals surface area (Å²) < 4.78 is 123. The Balaban J connectivity index is 1.72. The number of carbonyl (C=O) groups excluding carboxylic acids is 4. The summed E-state index contributed by atoms with van der Waals surface area (Å²) in [6.45, 7) is 10.3. The van der Waals surface area contributed by atoms with E-state index in [1.165, 1.54) is 0 Å². The van der Waals surface area contributed by atoms with Gasteiger partial charge in [-0.25, -0.2) is 0 Å². The molecule has 12 nitrogen and oxygen atoms in total. The monoisotopic (exact) mass is 750 g/mol. The molecule has 1 aliphatic carbocycles. The first-order valence-electron chi connectivity index (χ1n) is 16.5. The average molecular weight is 751 g/mol. The molecule has 6 atom stereocenters. The van der Waals surface area contributed by atoms with Gasteiger partial charge in [-0.2, -0.15) is 26.3 Å². The molecule has 0 aromatic heterocycles. The number of ketones is 1. The summed E-state index contributed by atoms with van der Waals surface area (Å²) in [5.41, 5.74) is -2.04. The van der Waals surface area contributed by atoms with Crippen LogP contribution in [0.2, 0.25) is 0 Å². The number of Topliss-reactive ketones (excluding diaryl/α,β-unsaturated/α-hetero) is 1. The number of halogens is 6. The van der Waals surface area contributed by atoms with Crippen molar-refractivity contribution in [3.63, 3.8) is 0 Å². The Morgan fingerprint density at radius 3 is 1.37 bits per heavy atom. The van der Waals surface area contributed by atoms with Gasteiger partial charge in [0.1, 0.15) is 12.4 Å². The molecule has 0 amide bonds. The number of carbonyl (C=O) groups is 4. The Hall–Kier alpha value is -2.54. The lowest BCUT2D eigenvalue weighted by atomic mass is 9.67. The van der Waals surface area contributed by atoms with Crippen LogP contribution in [-0.4, -0.2) is 108 Å². The normalized spacial score (nSPS) is 30.6. The molecule has 18 heteroatoms. The van der Waals surface area contributed by atoms with Gasteiger partial charge in [-0.15, -0.1) is 0 Å². The molecule has 3 rings (SSSR count). The van der Waals surface area contributed by atoms with Crippen LogP contribution in [0.4, 0.5) is 26.3 Å². The molecule has 0 N–H and O–H groups in total. The van der Waals surface area contributed by atoms with Crippen LogP contribution >= 0.6 is 0 Å². The maximum absolute atomic E-state index is 13.5. The molecular formula is C33H48F6O12. The Labute approximate surface area is 292 Å². The number of hydrogen-bond acceptors (Lipinski definition) is 12. The fraction of sp³-hybridized carbons (Fsp3) is 0.879. The lowest BCUT2D eigenvalue weighted by Crippen LogP contribution is -2.57. The molecule has 2 aliphatic heterocycles. The van der Waals surface area contributed by atoms with Crippen LogP contribution < -0.4 is 0 Å². The Bertz CT molecular complexity index is 1230. The quantitative estimate of drug-likeness (QED) is 0.154. The molecule has 2 saturated heterocycles. The van der Waals surface area contributed by atoms with Crippen LogP contribution in [0.25, 0.3) is 0 Å². The average Bonchev–Trinajstić information content (AvgIpc) is 3.02. The lowest BCUT2D eigenvalue weighted by molar-refractivity contribution is -0.337. The zero-order chi connectivity index (χ0) is 38.7. The van der Waals surface area contributed by atoms with Gasteiger partial charge in [0.2, 0.25) is 0 Å². The smallest absolute Gasteiger partial charge is 0.425 e. The molecule has 0 aromatic rings. The fourth-order valence-corrected chi connectivity index (χ4v) is 6.22. The molecule has 0 bridgehead atoms. The van der Waals surface area contributed by atoms with E-state index in [-0.39, 0.29) is 33.0 Å². The van der Waals surface area contributed by atoms with Crippen molar-refractivity contribution in [2.45, 2.75) is 98.4 Å². The first-order valence-corrected chi connectivity index (χ1v) is 16.5. The number of esters is 3. The third-order valence-corrected chi connectivity index (χ3v) is 9.47. The minimum atomic E-state index is -4.98. The van der Waals surface area contributed by atoms with Gasteiger partial charge in [-0.3, -0.25) is 19.2 Å². The van der Waals surface area contributed by atoms with Gasteiger partial charge in [0, 0.05) is 23.9 Å². The van der Waals surface area contributed by atoms with Crippen molar-refractivity contribution >= 4 is 23.7 Å². The van der Waals surface area contributed by atoms with Gasteiger partial charge in [0.25, 0.3) is 0 Å². The highest BCUT2D eigenvalue weighted by Crippen LogP contribution is 2.43. The van der Waals surface area contributed by atoms with Crippen molar-refractivity contribution in [3.05, 3.63) is 0 Å². The van der Waals surface area contributed by atoms with Crippen LogP contribution in [0.5, 0.6) is 0 Å². The third kappa shape index (κ3) is 10.8. The van der Waals surface area contributed by atoms with Gasteiger partial charge < -0.3 is 37.9 Å². The van der Waals surface area contributed by atoms with Gasteiger partial charge in [-0.05, 0) is 33.6 Å². The van der Waals surface area contributed by atoms with Crippen molar-refractivity contribution < 1.29 is 83.4 Å². The second-order valence-corrected chi connectivity index (χ2v) is 15.2. The van der Waals surface area contributed by atoms with Gasteiger partial charge >= 0.3 is 30.3 Å². The van der Waals surface area contributed by atoms with E-state index in [9.17, 15) is 45.5 Å². The van der Waals surface area contributed by atoms with Gasteiger partial charge in [0.15, 0.2) is 24.8 Å². The van der Waals surface area contributed by atoms with Crippen LogP contribution in [0, 0.1) is 39.9 Å². The summed E-state index contributed by atoms with van der Waals surface area (Å²) >= 11 is 0. The maximum Gasteiger partial charge on any atom is 0.425 e. The molecule has 2 heterocycles. The van der Waals surface area contributed by atoms with Crippen LogP contribution in [0.15, 0.2) is 0 Å². The van der Waals surface area contributed by atoms with Crippen molar-refractivity contribution in [1.82, 2.24) is 0 Å². The standard InChI is InChI=1S/C33H48F6O12/c1-17(40)20-9-22(23(26(43)51-19(3)33(37,38)39)10-21(20)25(42)50-18(2)32(34,35)36)24(41)45-12-30(6,7)28-48-15-31(16-49-28)13-46-27(47-14-31)29(4,5)11-44-8/h18-23,27-28H,9-16H2,1-8H3. The zero-order valence-electron chi connectivity index (χ0n) is 29.9. The van der Waals surface area contributed by atoms with E-state index >= 15 is 0 Å². The van der Waals surface area contributed by atoms with E-state index < -0.39 is 114 Å². The summed E-state index contributed by atoms with van der Waals surface area (Å²) in [5, 5.41) is 0. The number of ether oxygens (including phenoxy) is 8. The fourth-order valence-electron chi connectivity index (χ4n) is 6.22. The SMILES string of the molecule is COCC(C)(C)C1OCC2(CO1)COC(C(C)(C)COC(=O)C1CC(C(C)=O)C(C(=O)OC(C)C(F)(F)F)CC1C(=O)OC(C)C(F)(F)F)OC2. The zero-order valence-corrected chi connectivity index (χ0v) is 29.9. The molecule has 6 unspecified atom stereocenters. The van der Waals surface area contributed by atoms with E-state index in [0.717, 1.165) is 6.92 Å². The molecule has 1 saturated carbocycles. The molecule has 294 valence electrons. The predicted octanol–water partition coefficient (Wildman–Crippen LogP) is 4.80. The van der Waals surface area contributed by atoms with Crippen molar-refractivity contribution in [3.8, 4) is 0 Å². The summed E-state index contributed by atoms with van der Waals surface area (Å²) in [6, 6.07) is 0. The maximum atomic E-state index is 13.5. The van der Waals surface area contributed by atoms with E-state index in [2.05, 4.69) is 9.47 Å². The summed E-state index contributed by atoms with van der Waals surface area (Å²) in [6.07, 6.45) is -18.0. The Kier molecular flexibility index (Phi) is 13.6. The Morgan fingerprint density at radius 2 is 1.00 bits per heavy atom. The number of alkyl halides is 6. The Morgan fingerprint density at radius 1 is 0.647 bits per heavy atom. The summed E-state index contributed by atoms with van der Waals surface area (Å²) in [5.74, 6) is -11.3. The van der Waals surface area contributed by atoms with E-state index in [1.807, 2.05) is 13.8 Å². The topological polar surface area (TPSA) is 142 Å². The van der Waals surface area contributed by atoms with Crippen molar-refractivity contribution in [2.24, 2.45) is 39.9 Å². The highest BCUT2D eigenvalue weighted by atomic mass is 19.4. The lowest BCUT2D eigenvalue weighted by Gasteiger charge is -2.48. The molecule has 0 radical (unpaired) electrons. The number of rotatable bonds is 12. The number of methoxy groups -OCH3 is 1. The largest absolute Gasteiger partial charge is 0.465 e. The first-order chi connectivity index (χ1) is 23.3. The van der Waals surface area contributed by atoms with Gasteiger partial charge in [0.05, 0.1) is 56.2 Å². The van der Waals surface area contributed by atoms with E-state index in [1.54, 1.807) is 21.0 Å². The number of hydrogen-bond donors (Lipinski definition) is 0. The minimum absolute atomic E-state index is 0.172. The summed E-state index contributed by atoms with van der Waals surface area (Å²) in [4.78, 5) is 52.1. The van der Waals surface area contributed by atoms with E-state index in [4.69, 9.17) is 28.4 Å². The van der Waals surface area contributed by atoms with E-state index in [0.29, 0.717) is 20.5 Å². The second-order valence-electron chi connectivity index (χ2n) is 15.2. The van der Waals surface area contributed by atoms with Crippen molar-refractivity contribution in [2.75, 3.05) is 46.8 Å². The molecule has 1 spiro atoms. The molecule has 0 aromatic carbocycles. The molecule has 51 heavy (non-hydrogen) atoms. The molecule has 3 fully saturated rings. The van der Waals surface area contributed by atoms with Crippen LogP contribution in [-0.2, 0) is 57.1 Å². The molecular weight excluding hydrogens is 702 g/mol. The third-order valence-electron chi connectivity index (χ3n) is 9.47. The van der Waals surface area contributed by atoms with Gasteiger partial charge in [-0.1, -0.05) is 27.7 Å². The van der Waals surface area contributed by atoms with Crippen LogP contribution in [0.3, 0.4) is 0 Å². The highest BCUT2D eigenvalue weighted by Gasteiger charge is 2.53. The first kappa shape index (κ1) is 42.9. The molecule has 3 aliphatic rings. The minimum Gasteiger partial charge on any atom is -0.465 e.